The largest absolute Gasteiger partial charge is 0.497 e. The van der Waals surface area contributed by atoms with Gasteiger partial charge < -0.3 is 15.0 Å². The fraction of sp³-hybridized carbons (Fsp3) is 0.462. The highest BCUT2D eigenvalue weighted by Crippen LogP contribution is 2.19. The van der Waals surface area contributed by atoms with E-state index in [1.165, 1.54) is 5.56 Å². The van der Waals surface area contributed by atoms with Crippen molar-refractivity contribution in [1.82, 2.24) is 15.1 Å². The van der Waals surface area contributed by atoms with Gasteiger partial charge in [0.05, 0.1) is 7.11 Å². The number of benzene rings is 2. The van der Waals surface area contributed by atoms with Gasteiger partial charge in [0.2, 0.25) is 11.8 Å². The summed E-state index contributed by atoms with van der Waals surface area (Å²) in [5, 5.41) is 2.99. The lowest BCUT2D eigenvalue weighted by Gasteiger charge is -2.27. The van der Waals surface area contributed by atoms with Gasteiger partial charge in [-0.25, -0.2) is 0 Å². The highest BCUT2D eigenvalue weighted by Gasteiger charge is 2.29. The van der Waals surface area contributed by atoms with E-state index in [1.54, 1.807) is 7.11 Å². The van der Waals surface area contributed by atoms with Gasteiger partial charge in [0.25, 0.3) is 0 Å². The topological polar surface area (TPSA) is 61.9 Å². The molecular formula is C26H35N3O3. The van der Waals surface area contributed by atoms with E-state index in [2.05, 4.69) is 22.3 Å². The number of hydrogen-bond acceptors (Lipinski definition) is 4. The van der Waals surface area contributed by atoms with Gasteiger partial charge in [-0.15, -0.1) is 0 Å². The van der Waals surface area contributed by atoms with E-state index >= 15 is 0 Å². The Hall–Kier alpha value is -2.86. The summed E-state index contributed by atoms with van der Waals surface area (Å²) in [7, 11) is 1.67. The lowest BCUT2D eigenvalue weighted by molar-refractivity contribution is -0.136. The molecule has 0 aromatic heterocycles. The molecule has 1 fully saturated rings. The average Bonchev–Trinajstić information content (AvgIpc) is 3.03. The van der Waals surface area contributed by atoms with E-state index in [-0.39, 0.29) is 17.7 Å². The number of hydrogen-bond donors (Lipinski definition) is 1. The minimum absolute atomic E-state index is 0.0281. The summed E-state index contributed by atoms with van der Waals surface area (Å²) in [6.45, 7) is 7.94. The number of rotatable bonds is 8. The van der Waals surface area contributed by atoms with Crippen molar-refractivity contribution in [2.45, 2.75) is 39.3 Å². The smallest absolute Gasteiger partial charge is 0.249 e. The first kappa shape index (κ1) is 23.8. The molecule has 0 radical (unpaired) electrons. The quantitative estimate of drug-likeness (QED) is 0.685. The molecule has 0 aliphatic carbocycles. The van der Waals surface area contributed by atoms with E-state index in [4.69, 9.17) is 4.74 Å². The maximum Gasteiger partial charge on any atom is 0.249 e. The lowest BCUT2D eigenvalue weighted by Crippen LogP contribution is -2.44. The minimum atomic E-state index is -0.643. The highest BCUT2D eigenvalue weighted by molar-refractivity contribution is 5.88. The fourth-order valence-electron chi connectivity index (χ4n) is 4.04. The van der Waals surface area contributed by atoms with Crippen molar-refractivity contribution < 1.29 is 14.3 Å². The molecule has 1 heterocycles. The van der Waals surface area contributed by atoms with Crippen LogP contribution in [-0.4, -0.2) is 54.9 Å². The van der Waals surface area contributed by atoms with Gasteiger partial charge >= 0.3 is 0 Å². The molecule has 1 unspecified atom stereocenters. The Bertz CT molecular complexity index is 868. The molecule has 1 N–H and O–H groups in total. The lowest BCUT2D eigenvalue weighted by atomic mass is 10.0. The first-order valence-corrected chi connectivity index (χ1v) is 11.4. The van der Waals surface area contributed by atoms with Crippen molar-refractivity contribution >= 4 is 11.8 Å². The standard InChI is InChI=1S/C26H35N3O3/c1-20(2)18-24(30)27-25(22-8-5-4-6-9-22)26(31)29-15-7-14-28(16-17-29)19-21-10-12-23(32-3)13-11-21/h4-6,8-13,20,25H,7,14-19H2,1-3H3,(H,27,30). The second-order valence-corrected chi connectivity index (χ2v) is 8.81. The Morgan fingerprint density at radius 2 is 1.69 bits per heavy atom. The van der Waals surface area contributed by atoms with Gasteiger partial charge in [0.1, 0.15) is 11.8 Å². The molecule has 1 aliphatic rings. The second kappa shape index (κ2) is 11.7. The van der Waals surface area contributed by atoms with Crippen molar-refractivity contribution in [2.75, 3.05) is 33.3 Å². The Morgan fingerprint density at radius 1 is 0.969 bits per heavy atom. The van der Waals surface area contributed by atoms with Gasteiger partial charge in [-0.2, -0.15) is 0 Å². The van der Waals surface area contributed by atoms with Crippen molar-refractivity contribution in [3.63, 3.8) is 0 Å². The number of carbonyl (C=O) groups is 2. The van der Waals surface area contributed by atoms with Crippen molar-refractivity contribution in [3.8, 4) is 5.75 Å². The molecule has 3 rings (SSSR count). The van der Waals surface area contributed by atoms with E-state index in [9.17, 15) is 9.59 Å². The van der Waals surface area contributed by atoms with Crippen LogP contribution < -0.4 is 10.1 Å². The van der Waals surface area contributed by atoms with Crippen LogP contribution in [0.5, 0.6) is 5.75 Å². The van der Waals surface area contributed by atoms with Crippen molar-refractivity contribution in [1.29, 1.82) is 0 Å². The monoisotopic (exact) mass is 437 g/mol. The van der Waals surface area contributed by atoms with Crippen LogP contribution in [0, 0.1) is 5.92 Å². The third-order valence-corrected chi connectivity index (χ3v) is 5.74. The first-order valence-electron chi connectivity index (χ1n) is 11.4. The van der Waals surface area contributed by atoms with Crippen LogP contribution in [0.15, 0.2) is 54.6 Å². The molecule has 1 saturated heterocycles. The normalized spacial score (nSPS) is 15.8. The van der Waals surface area contributed by atoms with Gasteiger partial charge in [-0.1, -0.05) is 56.3 Å². The Morgan fingerprint density at radius 3 is 2.34 bits per heavy atom. The Kier molecular flexibility index (Phi) is 8.68. The first-order chi connectivity index (χ1) is 15.5. The molecule has 0 bridgehead atoms. The van der Waals surface area contributed by atoms with E-state index in [1.807, 2.05) is 61.2 Å². The molecule has 172 valence electrons. The zero-order valence-electron chi connectivity index (χ0n) is 19.4. The molecule has 1 aliphatic heterocycles. The molecule has 2 aromatic rings. The summed E-state index contributed by atoms with van der Waals surface area (Å²) in [4.78, 5) is 30.3. The molecule has 6 nitrogen and oxygen atoms in total. The summed E-state index contributed by atoms with van der Waals surface area (Å²) in [6.07, 6.45) is 1.32. The zero-order chi connectivity index (χ0) is 22.9. The van der Waals surface area contributed by atoms with Crippen LogP contribution in [0.4, 0.5) is 0 Å². The number of nitrogens with one attached hydrogen (secondary N) is 1. The highest BCUT2D eigenvalue weighted by atomic mass is 16.5. The van der Waals surface area contributed by atoms with E-state index < -0.39 is 6.04 Å². The van der Waals surface area contributed by atoms with Crippen LogP contribution in [0.2, 0.25) is 0 Å². The third kappa shape index (κ3) is 6.82. The molecular weight excluding hydrogens is 402 g/mol. The fourth-order valence-corrected chi connectivity index (χ4v) is 4.04. The Labute approximate surface area is 191 Å². The number of ether oxygens (including phenoxy) is 1. The number of carbonyl (C=O) groups excluding carboxylic acids is 2. The zero-order valence-corrected chi connectivity index (χ0v) is 19.4. The molecule has 0 saturated carbocycles. The molecule has 32 heavy (non-hydrogen) atoms. The van der Waals surface area contributed by atoms with Crippen LogP contribution in [0.25, 0.3) is 0 Å². The van der Waals surface area contributed by atoms with Crippen molar-refractivity contribution in [3.05, 3.63) is 65.7 Å². The van der Waals surface area contributed by atoms with Crippen LogP contribution in [0.1, 0.15) is 43.9 Å². The van der Waals surface area contributed by atoms with Gasteiger partial charge in [-0.05, 0) is 35.6 Å². The molecule has 0 spiro atoms. The van der Waals surface area contributed by atoms with E-state index in [0.717, 1.165) is 37.4 Å². The summed E-state index contributed by atoms with van der Waals surface area (Å²) in [6, 6.07) is 17.0. The molecule has 2 aromatic carbocycles. The number of nitrogens with zero attached hydrogens (tertiary/aromatic N) is 2. The van der Waals surface area contributed by atoms with Crippen LogP contribution in [0.3, 0.4) is 0 Å². The molecule has 6 heteroatoms. The Balaban J connectivity index is 1.65. The maximum atomic E-state index is 13.5. The van der Waals surface area contributed by atoms with Crippen LogP contribution in [-0.2, 0) is 16.1 Å². The second-order valence-electron chi connectivity index (χ2n) is 8.81. The van der Waals surface area contributed by atoms with Crippen LogP contribution >= 0.6 is 0 Å². The van der Waals surface area contributed by atoms with Gasteiger partial charge in [-0.3, -0.25) is 14.5 Å². The van der Waals surface area contributed by atoms with E-state index in [0.29, 0.717) is 19.5 Å². The van der Waals surface area contributed by atoms with Gasteiger partial charge in [0, 0.05) is 39.1 Å². The number of amides is 2. The van der Waals surface area contributed by atoms with Gasteiger partial charge in [0.15, 0.2) is 0 Å². The third-order valence-electron chi connectivity index (χ3n) is 5.74. The minimum Gasteiger partial charge on any atom is -0.497 e. The average molecular weight is 438 g/mol. The number of methoxy groups -OCH3 is 1. The predicted molar refractivity (Wildman–Crippen MR) is 126 cm³/mol. The maximum absolute atomic E-state index is 13.5. The summed E-state index contributed by atoms with van der Waals surface area (Å²) in [5.41, 5.74) is 2.06. The molecule has 2 amide bonds. The summed E-state index contributed by atoms with van der Waals surface area (Å²) >= 11 is 0. The predicted octanol–water partition coefficient (Wildman–Crippen LogP) is 3.63. The SMILES string of the molecule is COc1ccc(CN2CCCN(C(=O)C(NC(=O)CC(C)C)c3ccccc3)CC2)cc1. The summed E-state index contributed by atoms with van der Waals surface area (Å²) in [5.74, 6) is 0.983. The van der Waals surface area contributed by atoms with Crippen molar-refractivity contribution in [2.24, 2.45) is 5.92 Å². The summed E-state index contributed by atoms with van der Waals surface area (Å²) < 4.78 is 5.24. The molecule has 1 atom stereocenters.